The second kappa shape index (κ2) is 10.2. The van der Waals surface area contributed by atoms with Gasteiger partial charge in [0.15, 0.2) is 0 Å². The molecule has 1 saturated heterocycles. The fourth-order valence-corrected chi connectivity index (χ4v) is 3.39. The molecule has 5 nitrogen and oxygen atoms in total. The van der Waals surface area contributed by atoms with E-state index in [1.54, 1.807) is 26.4 Å². The number of benzene rings is 2. The van der Waals surface area contributed by atoms with E-state index >= 15 is 0 Å². The Labute approximate surface area is 167 Å². The third-order valence-electron chi connectivity index (χ3n) is 4.87. The number of carbonyl (C=O) groups is 1. The van der Waals surface area contributed by atoms with Gasteiger partial charge in [-0.25, -0.2) is 0 Å². The lowest BCUT2D eigenvalue weighted by Crippen LogP contribution is -2.36. The van der Waals surface area contributed by atoms with Crippen LogP contribution in [0.3, 0.4) is 0 Å². The molecule has 1 amide bonds. The number of rotatable bonds is 7. The standard InChI is InChI=1S/C21H26N2O3.ClH/c1-25-18-10-8-16(9-11-18)20(23-12-3-4-13-23)15-22-21(24)17-6-5-7-19(14-17)26-2;/h5-11,14,20H,3-4,12-13,15H2,1-2H3,(H,22,24);1H. The summed E-state index contributed by atoms with van der Waals surface area (Å²) in [6, 6.07) is 15.5. The second-order valence-electron chi connectivity index (χ2n) is 6.47. The van der Waals surface area contributed by atoms with E-state index in [1.165, 1.54) is 18.4 Å². The van der Waals surface area contributed by atoms with Crippen LogP contribution in [0.25, 0.3) is 0 Å². The van der Waals surface area contributed by atoms with Crippen LogP contribution in [0.5, 0.6) is 11.5 Å². The van der Waals surface area contributed by atoms with Gasteiger partial charge >= 0.3 is 0 Å². The van der Waals surface area contributed by atoms with Crippen LogP contribution in [0.4, 0.5) is 0 Å². The molecule has 146 valence electrons. The van der Waals surface area contributed by atoms with Crippen molar-refractivity contribution in [2.24, 2.45) is 0 Å². The van der Waals surface area contributed by atoms with E-state index in [4.69, 9.17) is 9.47 Å². The van der Waals surface area contributed by atoms with Gasteiger partial charge in [-0.05, 0) is 61.8 Å². The first-order valence-corrected chi connectivity index (χ1v) is 9.01. The molecule has 1 fully saturated rings. The first kappa shape index (κ1) is 21.1. The molecule has 0 spiro atoms. The molecule has 0 radical (unpaired) electrons. The summed E-state index contributed by atoms with van der Waals surface area (Å²) in [7, 11) is 3.27. The van der Waals surface area contributed by atoms with Crippen molar-refractivity contribution in [2.45, 2.75) is 18.9 Å². The van der Waals surface area contributed by atoms with Crippen LogP contribution in [0.15, 0.2) is 48.5 Å². The van der Waals surface area contributed by atoms with Crippen LogP contribution in [-0.2, 0) is 0 Å². The summed E-state index contributed by atoms with van der Waals surface area (Å²) in [6.45, 7) is 2.69. The van der Waals surface area contributed by atoms with Crippen LogP contribution in [0.1, 0.15) is 34.8 Å². The number of carbonyl (C=O) groups excluding carboxylic acids is 1. The van der Waals surface area contributed by atoms with Gasteiger partial charge in [0.2, 0.25) is 0 Å². The van der Waals surface area contributed by atoms with E-state index < -0.39 is 0 Å². The SMILES string of the molecule is COc1ccc(C(CNC(=O)c2cccc(OC)c2)N2CCCC2)cc1.Cl. The van der Waals surface area contributed by atoms with Gasteiger partial charge in [0, 0.05) is 12.1 Å². The highest BCUT2D eigenvalue weighted by Crippen LogP contribution is 2.26. The van der Waals surface area contributed by atoms with Crippen molar-refractivity contribution in [1.82, 2.24) is 10.2 Å². The summed E-state index contributed by atoms with van der Waals surface area (Å²) >= 11 is 0. The van der Waals surface area contributed by atoms with Crippen LogP contribution in [-0.4, -0.2) is 44.7 Å². The van der Waals surface area contributed by atoms with Gasteiger partial charge in [-0.1, -0.05) is 18.2 Å². The van der Waals surface area contributed by atoms with Gasteiger partial charge in [0.1, 0.15) is 11.5 Å². The lowest BCUT2D eigenvalue weighted by Gasteiger charge is -2.28. The van der Waals surface area contributed by atoms with Crippen molar-refractivity contribution < 1.29 is 14.3 Å². The molecule has 0 bridgehead atoms. The molecule has 1 N–H and O–H groups in total. The van der Waals surface area contributed by atoms with E-state index in [9.17, 15) is 4.79 Å². The van der Waals surface area contributed by atoms with E-state index in [1.807, 2.05) is 24.3 Å². The highest BCUT2D eigenvalue weighted by Gasteiger charge is 2.24. The van der Waals surface area contributed by atoms with Crippen molar-refractivity contribution in [3.63, 3.8) is 0 Å². The average molecular weight is 391 g/mol. The van der Waals surface area contributed by atoms with Crippen molar-refractivity contribution in [3.8, 4) is 11.5 Å². The fraction of sp³-hybridized carbons (Fsp3) is 0.381. The van der Waals surface area contributed by atoms with Gasteiger partial charge in [0.05, 0.1) is 20.3 Å². The molecule has 0 saturated carbocycles. The molecule has 1 atom stereocenters. The number of nitrogens with zero attached hydrogens (tertiary/aromatic N) is 1. The number of likely N-dealkylation sites (tertiary alicyclic amines) is 1. The van der Waals surface area contributed by atoms with Crippen LogP contribution in [0, 0.1) is 0 Å². The van der Waals surface area contributed by atoms with E-state index in [2.05, 4.69) is 22.3 Å². The molecule has 1 aliphatic rings. The largest absolute Gasteiger partial charge is 0.497 e. The third kappa shape index (κ3) is 5.37. The van der Waals surface area contributed by atoms with Crippen molar-refractivity contribution in [1.29, 1.82) is 0 Å². The smallest absolute Gasteiger partial charge is 0.251 e. The minimum atomic E-state index is -0.0818. The number of ether oxygens (including phenoxy) is 2. The zero-order valence-electron chi connectivity index (χ0n) is 15.8. The van der Waals surface area contributed by atoms with Crippen LogP contribution >= 0.6 is 12.4 Å². The number of hydrogen-bond acceptors (Lipinski definition) is 4. The lowest BCUT2D eigenvalue weighted by molar-refractivity contribution is 0.0937. The summed E-state index contributed by atoms with van der Waals surface area (Å²) in [6.07, 6.45) is 2.41. The molecule has 6 heteroatoms. The molecule has 2 aromatic rings. The fourth-order valence-electron chi connectivity index (χ4n) is 3.39. The summed E-state index contributed by atoms with van der Waals surface area (Å²) in [5, 5.41) is 3.09. The zero-order valence-corrected chi connectivity index (χ0v) is 16.6. The number of methoxy groups -OCH3 is 2. The van der Waals surface area contributed by atoms with E-state index in [0.29, 0.717) is 17.9 Å². The predicted molar refractivity (Wildman–Crippen MR) is 109 cm³/mol. The second-order valence-corrected chi connectivity index (χ2v) is 6.47. The quantitative estimate of drug-likeness (QED) is 0.783. The van der Waals surface area contributed by atoms with Gasteiger partial charge < -0.3 is 14.8 Å². The predicted octanol–water partition coefficient (Wildman–Crippen LogP) is 3.69. The highest BCUT2D eigenvalue weighted by molar-refractivity contribution is 5.94. The Hall–Kier alpha value is -2.24. The summed E-state index contributed by atoms with van der Waals surface area (Å²) in [5.74, 6) is 1.44. The Morgan fingerprint density at radius 1 is 1.04 bits per heavy atom. The molecule has 1 unspecified atom stereocenters. The number of halogens is 1. The number of amides is 1. The molecule has 0 aliphatic carbocycles. The van der Waals surface area contributed by atoms with Gasteiger partial charge in [-0.3, -0.25) is 9.69 Å². The maximum atomic E-state index is 12.6. The summed E-state index contributed by atoms with van der Waals surface area (Å²) in [4.78, 5) is 15.0. The van der Waals surface area contributed by atoms with E-state index in [0.717, 1.165) is 18.8 Å². The van der Waals surface area contributed by atoms with Crippen LogP contribution < -0.4 is 14.8 Å². The molecule has 2 aromatic carbocycles. The molecule has 3 rings (SSSR count). The first-order valence-electron chi connectivity index (χ1n) is 9.01. The summed E-state index contributed by atoms with van der Waals surface area (Å²) in [5.41, 5.74) is 1.80. The highest BCUT2D eigenvalue weighted by atomic mass is 35.5. The van der Waals surface area contributed by atoms with Crippen molar-refractivity contribution in [3.05, 3.63) is 59.7 Å². The monoisotopic (exact) mass is 390 g/mol. The molecular formula is C21H27ClN2O3. The Kier molecular flexibility index (Phi) is 7.95. The Morgan fingerprint density at radius 3 is 2.33 bits per heavy atom. The molecule has 27 heavy (non-hydrogen) atoms. The van der Waals surface area contributed by atoms with E-state index in [-0.39, 0.29) is 24.4 Å². The molecule has 0 aromatic heterocycles. The average Bonchev–Trinajstić information content (AvgIpc) is 3.23. The number of nitrogens with one attached hydrogen (secondary N) is 1. The number of hydrogen-bond donors (Lipinski definition) is 1. The molecular weight excluding hydrogens is 364 g/mol. The normalized spacial score (nSPS) is 14.9. The van der Waals surface area contributed by atoms with Gasteiger partial charge in [0.25, 0.3) is 5.91 Å². The Bertz CT molecular complexity index is 730. The minimum Gasteiger partial charge on any atom is -0.497 e. The van der Waals surface area contributed by atoms with Gasteiger partial charge in [-0.2, -0.15) is 0 Å². The lowest BCUT2D eigenvalue weighted by atomic mass is 10.0. The minimum absolute atomic E-state index is 0. The maximum absolute atomic E-state index is 12.6. The van der Waals surface area contributed by atoms with Crippen LogP contribution in [0.2, 0.25) is 0 Å². The third-order valence-corrected chi connectivity index (χ3v) is 4.87. The topological polar surface area (TPSA) is 50.8 Å². The maximum Gasteiger partial charge on any atom is 0.251 e. The summed E-state index contributed by atoms with van der Waals surface area (Å²) < 4.78 is 10.5. The zero-order chi connectivity index (χ0) is 18.4. The Morgan fingerprint density at radius 2 is 1.70 bits per heavy atom. The van der Waals surface area contributed by atoms with Crippen molar-refractivity contribution >= 4 is 18.3 Å². The molecule has 1 heterocycles. The first-order chi connectivity index (χ1) is 12.7. The van der Waals surface area contributed by atoms with Crippen molar-refractivity contribution in [2.75, 3.05) is 33.9 Å². The Balaban J connectivity index is 0.00000261. The van der Waals surface area contributed by atoms with Gasteiger partial charge in [-0.15, -0.1) is 12.4 Å². The molecule has 1 aliphatic heterocycles.